The summed E-state index contributed by atoms with van der Waals surface area (Å²) in [6.07, 6.45) is 10.5. The van der Waals surface area contributed by atoms with Crippen LogP contribution in [0.15, 0.2) is 24.4 Å². The monoisotopic (exact) mass is 295 g/mol. The first-order valence-corrected chi connectivity index (χ1v) is 5.48. The molecule has 0 unspecified atom stereocenters. The van der Waals surface area contributed by atoms with E-state index in [2.05, 4.69) is 32.2 Å². The van der Waals surface area contributed by atoms with Crippen LogP contribution in [-0.2, 0) is 4.74 Å². The standard InChI is InChI=1S/C10H18INO/c1-3-4-5-8-12(11)9-6-7-10-13-2/h3-5,8H,6-7,9-10H2,1-2H3/b4-3+,8-5+. The molecular formula is C10H18INO. The Morgan fingerprint density at radius 3 is 2.69 bits per heavy atom. The van der Waals surface area contributed by atoms with Gasteiger partial charge < -0.3 is 7.85 Å². The first-order valence-electron chi connectivity index (χ1n) is 4.52. The van der Waals surface area contributed by atoms with E-state index in [1.807, 2.05) is 25.2 Å². The maximum absolute atomic E-state index is 4.97. The third-order valence-corrected chi connectivity index (χ3v) is 2.33. The van der Waals surface area contributed by atoms with Crippen LogP contribution in [0.5, 0.6) is 0 Å². The number of unbranched alkanes of at least 4 members (excludes halogenated alkanes) is 1. The summed E-state index contributed by atoms with van der Waals surface area (Å²) in [5.41, 5.74) is 0. The minimum Gasteiger partial charge on any atom is -0.385 e. The van der Waals surface area contributed by atoms with Crippen molar-refractivity contribution in [1.29, 1.82) is 0 Å². The number of hydrogen-bond acceptors (Lipinski definition) is 2. The van der Waals surface area contributed by atoms with Gasteiger partial charge in [0.1, 0.15) is 0 Å². The third kappa shape index (κ3) is 9.89. The minimum atomic E-state index is 0.864. The van der Waals surface area contributed by atoms with Gasteiger partial charge in [-0.05, 0) is 25.8 Å². The molecular weight excluding hydrogens is 277 g/mol. The van der Waals surface area contributed by atoms with E-state index >= 15 is 0 Å². The Morgan fingerprint density at radius 1 is 1.31 bits per heavy atom. The Hall–Kier alpha value is -0.0300. The Morgan fingerprint density at radius 2 is 2.08 bits per heavy atom. The van der Waals surface area contributed by atoms with Crippen molar-refractivity contribution in [3.05, 3.63) is 24.4 Å². The average molecular weight is 295 g/mol. The zero-order valence-electron chi connectivity index (χ0n) is 8.37. The molecule has 0 rings (SSSR count). The van der Waals surface area contributed by atoms with Crippen molar-refractivity contribution in [2.75, 3.05) is 20.3 Å². The molecule has 0 radical (unpaired) electrons. The first kappa shape index (κ1) is 13.0. The lowest BCUT2D eigenvalue weighted by atomic mass is 10.3. The van der Waals surface area contributed by atoms with Crippen LogP contribution >= 0.6 is 22.9 Å². The Balaban J connectivity index is 3.34. The summed E-state index contributed by atoms with van der Waals surface area (Å²) < 4.78 is 7.13. The summed E-state index contributed by atoms with van der Waals surface area (Å²) in [5, 5.41) is 0. The van der Waals surface area contributed by atoms with Crippen LogP contribution in [0.25, 0.3) is 0 Å². The van der Waals surface area contributed by atoms with Gasteiger partial charge in [-0.3, -0.25) is 0 Å². The number of methoxy groups -OCH3 is 1. The Labute approximate surface area is 95.1 Å². The Kier molecular flexibility index (Phi) is 10.0. The zero-order valence-corrected chi connectivity index (χ0v) is 10.5. The first-order chi connectivity index (χ1) is 6.31. The van der Waals surface area contributed by atoms with E-state index in [0.717, 1.165) is 19.6 Å². The summed E-state index contributed by atoms with van der Waals surface area (Å²) in [7, 11) is 1.74. The summed E-state index contributed by atoms with van der Waals surface area (Å²) in [5.74, 6) is 0. The van der Waals surface area contributed by atoms with E-state index in [-0.39, 0.29) is 0 Å². The van der Waals surface area contributed by atoms with Crippen LogP contribution in [0.4, 0.5) is 0 Å². The molecule has 0 saturated carbocycles. The van der Waals surface area contributed by atoms with Gasteiger partial charge in [0.2, 0.25) is 0 Å². The second-order valence-electron chi connectivity index (χ2n) is 2.69. The zero-order chi connectivity index (χ0) is 9.94. The fraction of sp³-hybridized carbons (Fsp3) is 0.600. The summed E-state index contributed by atoms with van der Waals surface area (Å²) >= 11 is 2.30. The van der Waals surface area contributed by atoms with Crippen molar-refractivity contribution < 1.29 is 4.74 Å². The van der Waals surface area contributed by atoms with Crippen molar-refractivity contribution in [2.24, 2.45) is 0 Å². The molecule has 0 heterocycles. The molecule has 13 heavy (non-hydrogen) atoms. The highest BCUT2D eigenvalue weighted by Crippen LogP contribution is 2.03. The molecule has 0 bridgehead atoms. The fourth-order valence-corrected chi connectivity index (χ4v) is 1.36. The molecule has 0 aromatic heterocycles. The smallest absolute Gasteiger partial charge is 0.0586 e. The second-order valence-corrected chi connectivity index (χ2v) is 3.93. The van der Waals surface area contributed by atoms with Gasteiger partial charge in [-0.2, -0.15) is 0 Å². The molecule has 0 aliphatic rings. The summed E-state index contributed by atoms with van der Waals surface area (Å²) in [6, 6.07) is 0. The molecule has 0 aromatic rings. The maximum atomic E-state index is 4.97. The lowest BCUT2D eigenvalue weighted by Crippen LogP contribution is -2.05. The SMILES string of the molecule is C/C=C/C=C/N(I)CCCCOC. The number of halogens is 1. The molecule has 2 nitrogen and oxygen atoms in total. The van der Waals surface area contributed by atoms with Gasteiger partial charge in [-0.15, -0.1) is 0 Å². The van der Waals surface area contributed by atoms with Crippen LogP contribution in [-0.4, -0.2) is 23.4 Å². The lowest BCUT2D eigenvalue weighted by Gasteiger charge is -2.09. The van der Waals surface area contributed by atoms with Crippen LogP contribution in [0.3, 0.4) is 0 Å². The number of rotatable bonds is 7. The van der Waals surface area contributed by atoms with Gasteiger partial charge in [0.25, 0.3) is 0 Å². The van der Waals surface area contributed by atoms with Crippen molar-refractivity contribution in [3.63, 3.8) is 0 Å². The Bertz CT molecular complexity index is 157. The van der Waals surface area contributed by atoms with E-state index < -0.39 is 0 Å². The predicted octanol–water partition coefficient (Wildman–Crippen LogP) is 3.15. The van der Waals surface area contributed by atoms with Crippen LogP contribution < -0.4 is 0 Å². The fourth-order valence-electron chi connectivity index (χ4n) is 0.838. The highest BCUT2D eigenvalue weighted by atomic mass is 127. The van der Waals surface area contributed by atoms with E-state index in [9.17, 15) is 0 Å². The van der Waals surface area contributed by atoms with Crippen molar-refractivity contribution in [3.8, 4) is 0 Å². The number of allylic oxidation sites excluding steroid dienone is 3. The van der Waals surface area contributed by atoms with Crippen molar-refractivity contribution >= 4 is 22.9 Å². The molecule has 0 N–H and O–H groups in total. The molecule has 0 spiro atoms. The predicted molar refractivity (Wildman–Crippen MR) is 65.8 cm³/mol. The van der Waals surface area contributed by atoms with Gasteiger partial charge in [0.15, 0.2) is 0 Å². The van der Waals surface area contributed by atoms with Crippen molar-refractivity contribution in [1.82, 2.24) is 3.11 Å². The van der Waals surface area contributed by atoms with Gasteiger partial charge >= 0.3 is 0 Å². The third-order valence-electron chi connectivity index (χ3n) is 1.52. The largest absolute Gasteiger partial charge is 0.385 e. The molecule has 0 atom stereocenters. The maximum Gasteiger partial charge on any atom is 0.0586 e. The highest BCUT2D eigenvalue weighted by Gasteiger charge is 1.92. The van der Waals surface area contributed by atoms with Crippen LogP contribution in [0.2, 0.25) is 0 Å². The van der Waals surface area contributed by atoms with Crippen LogP contribution in [0, 0.1) is 0 Å². The number of ether oxygens (including phenoxy) is 1. The average Bonchev–Trinajstić information content (AvgIpc) is 2.13. The van der Waals surface area contributed by atoms with E-state index in [1.54, 1.807) is 7.11 Å². The molecule has 3 heteroatoms. The summed E-state index contributed by atoms with van der Waals surface area (Å²) in [4.78, 5) is 0. The van der Waals surface area contributed by atoms with Gasteiger partial charge in [-0.1, -0.05) is 12.2 Å². The normalized spacial score (nSPS) is 11.6. The molecule has 0 fully saturated rings. The molecule has 0 amide bonds. The molecule has 0 aromatic carbocycles. The van der Waals surface area contributed by atoms with E-state index in [0.29, 0.717) is 0 Å². The minimum absolute atomic E-state index is 0.864. The number of hydrogen-bond donors (Lipinski definition) is 0. The molecule has 76 valence electrons. The van der Waals surface area contributed by atoms with Crippen molar-refractivity contribution in [2.45, 2.75) is 19.8 Å². The lowest BCUT2D eigenvalue weighted by molar-refractivity contribution is 0.192. The summed E-state index contributed by atoms with van der Waals surface area (Å²) in [6.45, 7) is 3.96. The van der Waals surface area contributed by atoms with Gasteiger partial charge in [0, 0.05) is 26.5 Å². The number of nitrogens with zero attached hydrogens (tertiary/aromatic N) is 1. The second kappa shape index (κ2) is 10.1. The van der Waals surface area contributed by atoms with E-state index in [1.165, 1.54) is 6.42 Å². The molecule has 0 saturated heterocycles. The van der Waals surface area contributed by atoms with Crippen LogP contribution in [0.1, 0.15) is 19.8 Å². The quantitative estimate of drug-likeness (QED) is 0.310. The molecule has 0 aliphatic heterocycles. The van der Waals surface area contributed by atoms with Gasteiger partial charge in [-0.25, -0.2) is 0 Å². The van der Waals surface area contributed by atoms with E-state index in [4.69, 9.17) is 4.74 Å². The highest BCUT2D eigenvalue weighted by molar-refractivity contribution is 14.1. The topological polar surface area (TPSA) is 12.5 Å². The molecule has 0 aliphatic carbocycles. The van der Waals surface area contributed by atoms with Gasteiger partial charge in [0.05, 0.1) is 22.9 Å².